The number of hydrogen-bond acceptors (Lipinski definition) is 6. The van der Waals surface area contributed by atoms with Crippen molar-refractivity contribution >= 4 is 33.3 Å². The number of aromatic nitrogens is 1. The van der Waals surface area contributed by atoms with E-state index in [0.717, 1.165) is 6.26 Å². The first kappa shape index (κ1) is 17.6. The van der Waals surface area contributed by atoms with Crippen LogP contribution in [0.3, 0.4) is 0 Å². The fraction of sp³-hybridized carbons (Fsp3) is 0.455. The normalized spacial score (nSPS) is 12.0. The molecule has 0 aliphatic carbocycles. The molecule has 0 aliphatic rings. The van der Waals surface area contributed by atoms with Gasteiger partial charge in [-0.1, -0.05) is 11.6 Å². The minimum atomic E-state index is -3.38. The summed E-state index contributed by atoms with van der Waals surface area (Å²) in [6.45, 7) is 3.35. The third-order valence-corrected chi connectivity index (χ3v) is 3.59. The predicted octanol–water partition coefficient (Wildman–Crippen LogP) is 0.0782. The third-order valence-electron chi connectivity index (χ3n) is 2.36. The Balaban J connectivity index is 2.78. The number of nitrogens with two attached hydrogens (primary N) is 1. The smallest absolute Gasteiger partial charge is 0.271 e. The highest BCUT2D eigenvalue weighted by molar-refractivity contribution is 7.88. The monoisotopic (exact) mass is 335 g/mol. The molecule has 0 spiro atoms. The van der Waals surface area contributed by atoms with Gasteiger partial charge in [0.05, 0.1) is 11.3 Å². The van der Waals surface area contributed by atoms with Crippen LogP contribution in [0.4, 0.5) is 5.82 Å². The number of nitrogen functional groups attached to an aromatic ring is 1. The van der Waals surface area contributed by atoms with E-state index in [1.165, 1.54) is 12.1 Å². The third kappa shape index (κ3) is 5.84. The van der Waals surface area contributed by atoms with E-state index in [2.05, 4.69) is 20.4 Å². The highest BCUT2D eigenvalue weighted by atomic mass is 35.5. The highest BCUT2D eigenvalue weighted by Crippen LogP contribution is 2.16. The highest BCUT2D eigenvalue weighted by Gasteiger charge is 2.24. The largest absolute Gasteiger partial charge is 0.349 e. The van der Waals surface area contributed by atoms with Gasteiger partial charge in [-0.25, -0.2) is 24.0 Å². The summed E-state index contributed by atoms with van der Waals surface area (Å²) in [5, 5.41) is 2.74. The zero-order valence-electron chi connectivity index (χ0n) is 11.9. The van der Waals surface area contributed by atoms with E-state index in [9.17, 15) is 13.2 Å². The van der Waals surface area contributed by atoms with Crippen LogP contribution in [-0.4, -0.2) is 37.6 Å². The first-order chi connectivity index (χ1) is 9.54. The molecule has 0 bridgehead atoms. The van der Waals surface area contributed by atoms with Crippen molar-refractivity contribution in [2.45, 2.75) is 19.4 Å². The Hall–Kier alpha value is -1.42. The number of halogens is 1. The lowest BCUT2D eigenvalue weighted by molar-refractivity contribution is 0.0940. The van der Waals surface area contributed by atoms with Gasteiger partial charge in [0.15, 0.2) is 0 Å². The number of carbonyl (C=O) groups excluding carboxylic acids is 1. The van der Waals surface area contributed by atoms with Gasteiger partial charge in [-0.2, -0.15) is 0 Å². The number of hydrogen-bond donors (Lipinski definition) is 4. The summed E-state index contributed by atoms with van der Waals surface area (Å²) in [5.41, 5.74) is 1.47. The number of amides is 1. The van der Waals surface area contributed by atoms with Gasteiger partial charge in [-0.3, -0.25) is 4.79 Å². The lowest BCUT2D eigenvalue weighted by atomic mass is 10.1. The van der Waals surface area contributed by atoms with Gasteiger partial charge in [-0.05, 0) is 26.0 Å². The molecule has 5 N–H and O–H groups in total. The lowest BCUT2D eigenvalue weighted by Gasteiger charge is -2.25. The molecule has 0 saturated heterocycles. The average Bonchev–Trinajstić information content (AvgIpc) is 2.34. The number of nitrogens with zero attached hydrogens (tertiary/aromatic N) is 1. The molecule has 0 aliphatic heterocycles. The second kappa shape index (κ2) is 6.56. The Morgan fingerprint density at radius 3 is 2.57 bits per heavy atom. The van der Waals surface area contributed by atoms with Crippen molar-refractivity contribution in [1.29, 1.82) is 0 Å². The summed E-state index contributed by atoms with van der Waals surface area (Å²) in [6.07, 6.45) is 1.05. The minimum absolute atomic E-state index is 0.00210. The molecule has 1 heterocycles. The van der Waals surface area contributed by atoms with Crippen molar-refractivity contribution in [2.24, 2.45) is 5.84 Å². The molecule has 0 saturated carbocycles. The number of nitrogens with one attached hydrogen (secondary N) is 3. The van der Waals surface area contributed by atoms with Crippen molar-refractivity contribution in [1.82, 2.24) is 15.0 Å². The Kier molecular flexibility index (Phi) is 5.51. The van der Waals surface area contributed by atoms with Crippen LogP contribution in [0.5, 0.6) is 0 Å². The molecular formula is C11H18ClN5O3S. The van der Waals surface area contributed by atoms with Gasteiger partial charge in [-0.15, -0.1) is 0 Å². The molecule has 0 radical (unpaired) electrons. The fourth-order valence-corrected chi connectivity index (χ4v) is 2.87. The SMILES string of the molecule is CC(C)(CNC(=O)c1nc(NN)ccc1Cl)NS(C)(=O)=O. The predicted molar refractivity (Wildman–Crippen MR) is 81.4 cm³/mol. The Bertz CT molecular complexity index is 633. The molecule has 21 heavy (non-hydrogen) atoms. The summed E-state index contributed by atoms with van der Waals surface area (Å²) in [6, 6.07) is 3.01. The first-order valence-electron chi connectivity index (χ1n) is 5.94. The Morgan fingerprint density at radius 2 is 2.05 bits per heavy atom. The average molecular weight is 336 g/mol. The van der Waals surface area contributed by atoms with E-state index in [4.69, 9.17) is 17.4 Å². The molecule has 10 heteroatoms. The van der Waals surface area contributed by atoms with Gasteiger partial charge in [0.2, 0.25) is 10.0 Å². The van der Waals surface area contributed by atoms with Crippen molar-refractivity contribution in [3.8, 4) is 0 Å². The summed E-state index contributed by atoms with van der Waals surface area (Å²) in [5.74, 6) is 4.98. The van der Waals surface area contributed by atoms with Crippen molar-refractivity contribution in [3.05, 3.63) is 22.8 Å². The quantitative estimate of drug-likeness (QED) is 0.431. The van der Waals surface area contributed by atoms with Gasteiger partial charge in [0.1, 0.15) is 11.5 Å². The topological polar surface area (TPSA) is 126 Å². The summed E-state index contributed by atoms with van der Waals surface area (Å²) in [4.78, 5) is 16.0. The Labute approximate surface area is 128 Å². The zero-order valence-corrected chi connectivity index (χ0v) is 13.5. The number of anilines is 1. The number of sulfonamides is 1. The van der Waals surface area contributed by atoms with Crippen LogP contribution in [0, 0.1) is 0 Å². The minimum Gasteiger partial charge on any atom is -0.349 e. The van der Waals surface area contributed by atoms with Gasteiger partial charge < -0.3 is 10.7 Å². The van der Waals surface area contributed by atoms with Crippen LogP contribution in [0.2, 0.25) is 5.02 Å². The van der Waals surface area contributed by atoms with Crippen molar-refractivity contribution in [2.75, 3.05) is 18.2 Å². The molecule has 1 aromatic rings. The van der Waals surface area contributed by atoms with Crippen molar-refractivity contribution in [3.63, 3.8) is 0 Å². The van der Waals surface area contributed by atoms with Crippen LogP contribution in [0.15, 0.2) is 12.1 Å². The van der Waals surface area contributed by atoms with Crippen LogP contribution in [-0.2, 0) is 10.0 Å². The van der Waals surface area contributed by atoms with E-state index in [0.29, 0.717) is 0 Å². The number of carbonyl (C=O) groups is 1. The molecule has 8 nitrogen and oxygen atoms in total. The molecule has 1 amide bonds. The molecule has 0 unspecified atom stereocenters. The van der Waals surface area contributed by atoms with Crippen LogP contribution < -0.4 is 21.3 Å². The standard InChI is InChI=1S/C11H18ClN5O3S/c1-11(2,17-21(3,19)20)6-14-10(18)9-7(12)4-5-8(15-9)16-13/h4-5,17H,6,13H2,1-3H3,(H,14,18)(H,15,16). The van der Waals surface area contributed by atoms with Crippen molar-refractivity contribution < 1.29 is 13.2 Å². The number of pyridine rings is 1. The van der Waals surface area contributed by atoms with E-state index < -0.39 is 21.5 Å². The maximum atomic E-state index is 12.0. The number of rotatable bonds is 6. The maximum absolute atomic E-state index is 12.0. The van der Waals surface area contributed by atoms with E-state index in [1.54, 1.807) is 13.8 Å². The van der Waals surface area contributed by atoms with E-state index >= 15 is 0 Å². The molecule has 0 aromatic carbocycles. The summed E-state index contributed by atoms with van der Waals surface area (Å²) in [7, 11) is -3.38. The molecular weight excluding hydrogens is 318 g/mol. The first-order valence-corrected chi connectivity index (χ1v) is 8.21. The number of hydrazine groups is 1. The van der Waals surface area contributed by atoms with Gasteiger partial charge >= 0.3 is 0 Å². The second-order valence-corrected chi connectivity index (χ2v) is 7.27. The van der Waals surface area contributed by atoms with Gasteiger partial charge in [0, 0.05) is 12.1 Å². The van der Waals surface area contributed by atoms with Crippen LogP contribution in [0.25, 0.3) is 0 Å². The second-order valence-electron chi connectivity index (χ2n) is 5.11. The molecule has 0 fully saturated rings. The lowest BCUT2D eigenvalue weighted by Crippen LogP contribution is -2.51. The summed E-state index contributed by atoms with van der Waals surface area (Å²) >= 11 is 5.90. The molecule has 1 aromatic heterocycles. The maximum Gasteiger partial charge on any atom is 0.271 e. The van der Waals surface area contributed by atoms with E-state index in [1.807, 2.05) is 0 Å². The van der Waals surface area contributed by atoms with Crippen LogP contribution >= 0.6 is 11.6 Å². The molecule has 118 valence electrons. The Morgan fingerprint density at radius 1 is 1.43 bits per heavy atom. The van der Waals surface area contributed by atoms with Crippen LogP contribution in [0.1, 0.15) is 24.3 Å². The zero-order chi connectivity index (χ0) is 16.3. The van der Waals surface area contributed by atoms with E-state index in [-0.39, 0.29) is 23.1 Å². The van der Waals surface area contributed by atoms with Gasteiger partial charge in [0.25, 0.3) is 5.91 Å². The summed E-state index contributed by atoms with van der Waals surface area (Å²) < 4.78 is 24.9. The molecule has 0 atom stereocenters. The fourth-order valence-electron chi connectivity index (χ4n) is 1.60. The molecule has 1 rings (SSSR count).